The molecule has 11 heteroatoms. The molecule has 40 heavy (non-hydrogen) atoms. The molecular weight excluding hydrogens is 521 g/mol. The zero-order valence-electron chi connectivity index (χ0n) is 22.8. The number of aryl methyl sites for hydroxylation is 1. The molecule has 2 amide bonds. The van der Waals surface area contributed by atoms with Crippen LogP contribution in [-0.4, -0.2) is 47.0 Å². The van der Waals surface area contributed by atoms with E-state index in [0.29, 0.717) is 25.3 Å². The minimum Gasteiger partial charge on any atom is -0.368 e. The summed E-state index contributed by atoms with van der Waals surface area (Å²) < 4.78 is 43.3. The maximum absolute atomic E-state index is 14.4. The Morgan fingerprint density at radius 1 is 1.18 bits per heavy atom. The largest absolute Gasteiger partial charge is 0.434 e. The van der Waals surface area contributed by atoms with Crippen LogP contribution in [0.3, 0.4) is 0 Å². The third kappa shape index (κ3) is 4.33. The first-order chi connectivity index (χ1) is 18.9. The van der Waals surface area contributed by atoms with E-state index in [-0.39, 0.29) is 23.2 Å². The number of rotatable bonds is 4. The second-order valence-corrected chi connectivity index (χ2v) is 12.4. The van der Waals surface area contributed by atoms with Crippen molar-refractivity contribution in [2.75, 3.05) is 24.5 Å². The topological polar surface area (TPSA) is 113 Å². The lowest BCUT2D eigenvalue weighted by atomic mass is 9.74. The maximum atomic E-state index is 14.4. The summed E-state index contributed by atoms with van der Waals surface area (Å²) in [6.45, 7) is 6.18. The maximum Gasteiger partial charge on any atom is 0.434 e. The number of carbonyl (C=O) groups is 2. The van der Waals surface area contributed by atoms with Crippen molar-refractivity contribution < 1.29 is 22.8 Å². The third-order valence-corrected chi connectivity index (χ3v) is 9.69. The Morgan fingerprint density at radius 3 is 2.62 bits per heavy atom. The molecule has 1 spiro atoms. The van der Waals surface area contributed by atoms with E-state index in [0.717, 1.165) is 61.8 Å². The monoisotopic (exact) mass is 556 g/mol. The molecule has 6 rings (SSSR count). The summed E-state index contributed by atoms with van der Waals surface area (Å²) in [4.78, 5) is 36.1. The van der Waals surface area contributed by atoms with Crippen LogP contribution in [0.2, 0.25) is 0 Å². The standard InChI is InChI=1S/C29H35F3N6O2/c1-16-3-4-22-21(11-16)27(5-7-34-8-6-27)15-38(22)26-35-14-20(23(36-26)29(30,31)32)24(39)37-28(25(33)40)13-18-9-17(2)10-19(28)12-18/h3-4,11,14,17-19,34H,5-10,12-13,15H2,1-2H3,(H2,33,40)(H,37,39). The summed E-state index contributed by atoms with van der Waals surface area (Å²) in [6.07, 6.45) is 0.385. The van der Waals surface area contributed by atoms with E-state index in [9.17, 15) is 22.8 Å². The molecule has 4 N–H and O–H groups in total. The SMILES string of the molecule is Cc1ccc2c(c1)C1(CCNCC1)CN2c1ncc(C(=O)NC2(C(N)=O)CC3CC(C)CC2C3)c(C(F)(F)F)n1. The number of benzene rings is 1. The van der Waals surface area contributed by atoms with E-state index in [4.69, 9.17) is 5.73 Å². The molecule has 1 aromatic carbocycles. The zero-order valence-corrected chi connectivity index (χ0v) is 22.8. The van der Waals surface area contributed by atoms with Gasteiger partial charge in [0.2, 0.25) is 11.9 Å². The molecule has 214 valence electrons. The van der Waals surface area contributed by atoms with E-state index >= 15 is 0 Å². The number of nitrogens with zero attached hydrogens (tertiary/aromatic N) is 3. The summed E-state index contributed by atoms with van der Waals surface area (Å²) in [5.41, 5.74) is 5.16. The molecular formula is C29H35F3N6O2. The number of amides is 2. The van der Waals surface area contributed by atoms with Crippen LogP contribution in [0.4, 0.5) is 24.8 Å². The van der Waals surface area contributed by atoms with Gasteiger partial charge in [-0.1, -0.05) is 24.6 Å². The molecule has 4 aliphatic rings. The summed E-state index contributed by atoms with van der Waals surface area (Å²) in [7, 11) is 0. The quantitative estimate of drug-likeness (QED) is 0.525. The number of nitrogens with two attached hydrogens (primary N) is 1. The van der Waals surface area contributed by atoms with E-state index in [2.05, 4.69) is 33.6 Å². The molecule has 1 saturated heterocycles. The number of hydrogen-bond donors (Lipinski definition) is 3. The van der Waals surface area contributed by atoms with Crippen LogP contribution in [0.1, 0.15) is 72.6 Å². The lowest BCUT2D eigenvalue weighted by Crippen LogP contribution is -2.60. The summed E-state index contributed by atoms with van der Waals surface area (Å²) in [6, 6.07) is 5.95. The smallest absolute Gasteiger partial charge is 0.368 e. The van der Waals surface area contributed by atoms with Gasteiger partial charge >= 0.3 is 6.18 Å². The third-order valence-electron chi connectivity index (χ3n) is 9.69. The number of nitrogens with one attached hydrogen (secondary N) is 2. The van der Waals surface area contributed by atoms with Gasteiger partial charge in [0.1, 0.15) is 5.54 Å². The van der Waals surface area contributed by atoms with Crippen LogP contribution in [0.5, 0.6) is 0 Å². The van der Waals surface area contributed by atoms with E-state index in [1.807, 2.05) is 19.1 Å². The molecule has 4 unspecified atom stereocenters. The summed E-state index contributed by atoms with van der Waals surface area (Å²) in [5, 5.41) is 6.02. The van der Waals surface area contributed by atoms with Crippen molar-refractivity contribution >= 4 is 23.5 Å². The molecule has 2 aromatic rings. The van der Waals surface area contributed by atoms with Crippen molar-refractivity contribution in [2.24, 2.45) is 23.5 Å². The molecule has 0 radical (unpaired) electrons. The van der Waals surface area contributed by atoms with Crippen molar-refractivity contribution in [1.29, 1.82) is 0 Å². The van der Waals surface area contributed by atoms with Crippen LogP contribution in [0.15, 0.2) is 24.4 Å². The highest BCUT2D eigenvalue weighted by Crippen LogP contribution is 2.51. The molecule has 2 bridgehead atoms. The van der Waals surface area contributed by atoms with Gasteiger partial charge in [0.25, 0.3) is 5.91 Å². The van der Waals surface area contributed by atoms with Gasteiger partial charge in [-0.15, -0.1) is 0 Å². The van der Waals surface area contributed by atoms with Crippen molar-refractivity contribution in [3.05, 3.63) is 46.8 Å². The van der Waals surface area contributed by atoms with Gasteiger partial charge in [0, 0.05) is 23.8 Å². The lowest BCUT2D eigenvalue weighted by molar-refractivity contribution is -0.141. The normalized spacial score (nSPS) is 28.9. The van der Waals surface area contributed by atoms with Gasteiger partial charge < -0.3 is 21.3 Å². The van der Waals surface area contributed by atoms with Gasteiger partial charge in [-0.3, -0.25) is 9.59 Å². The Morgan fingerprint density at radius 2 is 1.93 bits per heavy atom. The number of carbonyl (C=O) groups excluding carboxylic acids is 2. The lowest BCUT2D eigenvalue weighted by Gasteiger charge is -2.35. The van der Waals surface area contributed by atoms with Crippen LogP contribution >= 0.6 is 0 Å². The van der Waals surface area contributed by atoms with Crippen molar-refractivity contribution in [1.82, 2.24) is 20.6 Å². The molecule has 2 aliphatic carbocycles. The number of fused-ring (bicyclic) bond motifs is 4. The van der Waals surface area contributed by atoms with Gasteiger partial charge in [0.15, 0.2) is 5.69 Å². The molecule has 4 atom stereocenters. The fourth-order valence-corrected chi connectivity index (χ4v) is 7.90. The average molecular weight is 557 g/mol. The average Bonchev–Trinajstić information content (AvgIpc) is 3.34. The Hall–Kier alpha value is -3.21. The first-order valence-electron chi connectivity index (χ1n) is 14.1. The second-order valence-electron chi connectivity index (χ2n) is 12.4. The van der Waals surface area contributed by atoms with Crippen molar-refractivity contribution in [3.8, 4) is 0 Å². The van der Waals surface area contributed by atoms with Crippen LogP contribution in [0.25, 0.3) is 0 Å². The fourth-order valence-electron chi connectivity index (χ4n) is 7.90. The number of halogens is 3. The number of piperidine rings is 1. The molecule has 2 saturated carbocycles. The Kier molecular flexibility index (Phi) is 6.36. The number of hydrogen-bond acceptors (Lipinski definition) is 6. The number of alkyl halides is 3. The number of primary amides is 1. The Labute approximate surface area is 231 Å². The Bertz CT molecular complexity index is 1360. The molecule has 8 nitrogen and oxygen atoms in total. The van der Waals surface area contributed by atoms with Gasteiger partial charge in [-0.25, -0.2) is 9.97 Å². The predicted octanol–water partition coefficient (Wildman–Crippen LogP) is 3.99. The van der Waals surface area contributed by atoms with E-state index in [1.165, 1.54) is 0 Å². The molecule has 1 aromatic heterocycles. The van der Waals surface area contributed by atoms with Crippen LogP contribution < -0.4 is 21.3 Å². The summed E-state index contributed by atoms with van der Waals surface area (Å²) in [5.74, 6) is -1.48. The zero-order chi connectivity index (χ0) is 28.4. The van der Waals surface area contributed by atoms with E-state index in [1.54, 1.807) is 4.90 Å². The van der Waals surface area contributed by atoms with E-state index < -0.39 is 34.8 Å². The number of aromatic nitrogens is 2. The minimum absolute atomic E-state index is 0.0976. The van der Waals surface area contributed by atoms with Crippen molar-refractivity contribution in [2.45, 2.75) is 69.5 Å². The Balaban J connectivity index is 1.36. The molecule has 2 aliphatic heterocycles. The van der Waals surface area contributed by atoms with Gasteiger partial charge in [0.05, 0.1) is 5.56 Å². The first kappa shape index (κ1) is 27.0. The minimum atomic E-state index is -4.91. The van der Waals surface area contributed by atoms with Gasteiger partial charge in [-0.05, 0) is 87.9 Å². The predicted molar refractivity (Wildman–Crippen MR) is 143 cm³/mol. The highest BCUT2D eigenvalue weighted by atomic mass is 19.4. The molecule has 3 heterocycles. The van der Waals surface area contributed by atoms with Crippen LogP contribution in [-0.2, 0) is 16.4 Å². The van der Waals surface area contributed by atoms with Crippen LogP contribution in [0, 0.1) is 24.7 Å². The van der Waals surface area contributed by atoms with Gasteiger partial charge in [-0.2, -0.15) is 13.2 Å². The molecule has 3 fully saturated rings. The fraction of sp³-hybridized carbons (Fsp3) is 0.586. The number of anilines is 2. The first-order valence-corrected chi connectivity index (χ1v) is 14.1. The highest BCUT2D eigenvalue weighted by molar-refractivity contribution is 6.00. The summed E-state index contributed by atoms with van der Waals surface area (Å²) >= 11 is 0. The second kappa shape index (κ2) is 9.43. The van der Waals surface area contributed by atoms with Crippen molar-refractivity contribution in [3.63, 3.8) is 0 Å². The highest BCUT2D eigenvalue weighted by Gasteiger charge is 2.55.